The van der Waals surface area contributed by atoms with Gasteiger partial charge in [-0.05, 0) is 49.2 Å². The second kappa shape index (κ2) is 10.5. The Morgan fingerprint density at radius 1 is 1.13 bits per heavy atom. The number of rotatable bonds is 8. The summed E-state index contributed by atoms with van der Waals surface area (Å²) in [6.07, 6.45) is 1.79. The van der Waals surface area contributed by atoms with E-state index in [-0.39, 0.29) is 31.2 Å². The van der Waals surface area contributed by atoms with E-state index in [2.05, 4.69) is 16.0 Å². The molecule has 0 aliphatic carbocycles. The number of hydrogen-bond acceptors (Lipinski definition) is 7. The monoisotopic (exact) mass is 434 g/mol. The van der Waals surface area contributed by atoms with Crippen molar-refractivity contribution in [1.82, 2.24) is 9.97 Å². The Labute approximate surface area is 185 Å². The zero-order valence-corrected chi connectivity index (χ0v) is 18.2. The van der Waals surface area contributed by atoms with Crippen molar-refractivity contribution in [2.24, 2.45) is 0 Å². The fourth-order valence-electron chi connectivity index (χ4n) is 3.07. The first-order valence-electron chi connectivity index (χ1n) is 9.72. The Morgan fingerprint density at radius 2 is 1.84 bits per heavy atom. The first-order valence-corrected chi connectivity index (χ1v) is 10.7. The summed E-state index contributed by atoms with van der Waals surface area (Å²) in [5, 5.41) is 9.53. The van der Waals surface area contributed by atoms with Crippen molar-refractivity contribution in [1.29, 1.82) is 5.26 Å². The third-order valence-corrected chi connectivity index (χ3v) is 5.26. The topological polar surface area (TPSA) is 96.2 Å². The van der Waals surface area contributed by atoms with Gasteiger partial charge in [0.1, 0.15) is 5.03 Å². The number of benzene rings is 2. The molecule has 2 aromatic carbocycles. The van der Waals surface area contributed by atoms with Gasteiger partial charge in [0.2, 0.25) is 0 Å². The number of aryl methyl sites for hydroxylation is 2. The number of para-hydroxylation sites is 2. The lowest BCUT2D eigenvalue weighted by molar-refractivity contribution is -0.145. The van der Waals surface area contributed by atoms with E-state index < -0.39 is 5.97 Å². The summed E-state index contributed by atoms with van der Waals surface area (Å²) in [4.78, 5) is 35.1. The van der Waals surface area contributed by atoms with E-state index in [1.807, 2.05) is 56.3 Å². The van der Waals surface area contributed by atoms with Crippen LogP contribution >= 0.6 is 11.8 Å². The van der Waals surface area contributed by atoms with Crippen LogP contribution in [0, 0.1) is 25.2 Å². The van der Waals surface area contributed by atoms with Gasteiger partial charge in [0, 0.05) is 12.2 Å². The molecule has 31 heavy (non-hydrogen) atoms. The Morgan fingerprint density at radius 3 is 2.55 bits per heavy atom. The molecule has 0 unspecified atom stereocenters. The van der Waals surface area contributed by atoms with Crippen LogP contribution in [-0.4, -0.2) is 40.7 Å². The van der Waals surface area contributed by atoms with E-state index in [0.29, 0.717) is 10.7 Å². The molecule has 0 N–H and O–H groups in total. The van der Waals surface area contributed by atoms with Crippen LogP contribution in [0.2, 0.25) is 0 Å². The summed E-state index contributed by atoms with van der Waals surface area (Å²) in [5.41, 5.74) is 4.24. The fraction of sp³-hybridized carbons (Fsp3) is 0.261. The minimum absolute atomic E-state index is 0.0159. The van der Waals surface area contributed by atoms with Gasteiger partial charge in [0.15, 0.2) is 6.61 Å². The molecule has 158 valence electrons. The molecule has 1 amide bonds. The number of nitrogens with zero attached hydrogens (tertiary/aromatic N) is 4. The third kappa shape index (κ3) is 6.27. The molecule has 0 fully saturated rings. The molecule has 7 nitrogen and oxygen atoms in total. The first-order chi connectivity index (χ1) is 15.0. The number of amides is 1. The second-order valence-corrected chi connectivity index (χ2v) is 7.94. The molecule has 0 spiro atoms. The van der Waals surface area contributed by atoms with E-state index in [0.717, 1.165) is 22.2 Å². The van der Waals surface area contributed by atoms with Gasteiger partial charge in [-0.3, -0.25) is 14.6 Å². The molecular weight excluding hydrogens is 412 g/mol. The van der Waals surface area contributed by atoms with Crippen LogP contribution in [0.4, 0.5) is 5.69 Å². The molecule has 0 saturated carbocycles. The Kier molecular flexibility index (Phi) is 7.57. The highest BCUT2D eigenvalue weighted by molar-refractivity contribution is 7.99. The van der Waals surface area contributed by atoms with Crippen molar-refractivity contribution >= 4 is 40.4 Å². The van der Waals surface area contributed by atoms with Crippen LogP contribution in [0.1, 0.15) is 17.5 Å². The molecular formula is C23H22N4O3S. The molecule has 0 atom stereocenters. The van der Waals surface area contributed by atoms with Crippen molar-refractivity contribution in [3.8, 4) is 6.07 Å². The predicted octanol–water partition coefficient (Wildman–Crippen LogP) is 3.83. The van der Waals surface area contributed by atoms with Crippen molar-refractivity contribution in [3.05, 3.63) is 59.8 Å². The summed E-state index contributed by atoms with van der Waals surface area (Å²) in [5.74, 6) is -0.875. The van der Waals surface area contributed by atoms with Gasteiger partial charge in [-0.1, -0.05) is 30.0 Å². The maximum absolute atomic E-state index is 12.7. The standard InChI is InChI=1S/C23H22N4O3S/c1-16-10-17(2)12-18(11-16)27(9-5-8-24)22(28)14-30-23(29)15-31-21-13-25-19-6-3-4-7-20(19)26-21/h3-4,6-7,10-13H,5,9,14-15H2,1-2H3. The summed E-state index contributed by atoms with van der Waals surface area (Å²) in [6.45, 7) is 3.73. The van der Waals surface area contributed by atoms with Gasteiger partial charge in [0.05, 0.1) is 35.5 Å². The molecule has 3 rings (SSSR count). The summed E-state index contributed by atoms with van der Waals surface area (Å²) in [7, 11) is 0. The molecule has 0 saturated heterocycles. The van der Waals surface area contributed by atoms with Gasteiger partial charge in [-0.15, -0.1) is 0 Å². The lowest BCUT2D eigenvalue weighted by atomic mass is 10.1. The number of ether oxygens (including phenoxy) is 1. The molecule has 0 radical (unpaired) electrons. The number of anilines is 1. The summed E-state index contributed by atoms with van der Waals surface area (Å²) >= 11 is 1.20. The zero-order chi connectivity index (χ0) is 22.2. The van der Waals surface area contributed by atoms with Crippen LogP contribution in [-0.2, 0) is 14.3 Å². The van der Waals surface area contributed by atoms with Gasteiger partial charge < -0.3 is 9.64 Å². The molecule has 1 heterocycles. The summed E-state index contributed by atoms with van der Waals surface area (Å²) < 4.78 is 5.17. The first kappa shape index (κ1) is 22.2. The highest BCUT2D eigenvalue weighted by Gasteiger charge is 2.18. The van der Waals surface area contributed by atoms with E-state index in [1.165, 1.54) is 16.7 Å². The lowest BCUT2D eigenvalue weighted by Gasteiger charge is -2.22. The van der Waals surface area contributed by atoms with Gasteiger partial charge in [-0.2, -0.15) is 5.26 Å². The molecule has 3 aromatic rings. The highest BCUT2D eigenvalue weighted by Crippen LogP contribution is 2.20. The third-order valence-electron chi connectivity index (χ3n) is 4.39. The second-order valence-electron chi connectivity index (χ2n) is 6.95. The lowest BCUT2D eigenvalue weighted by Crippen LogP contribution is -2.35. The summed E-state index contributed by atoms with van der Waals surface area (Å²) in [6, 6.07) is 15.3. The molecule has 0 aliphatic heterocycles. The van der Waals surface area contributed by atoms with E-state index in [4.69, 9.17) is 10.00 Å². The predicted molar refractivity (Wildman–Crippen MR) is 120 cm³/mol. The SMILES string of the molecule is Cc1cc(C)cc(N(CCC#N)C(=O)COC(=O)CSc2cnc3ccccc3n2)c1. The number of carbonyl (C=O) groups excluding carboxylic acids is 2. The minimum atomic E-state index is -0.519. The smallest absolute Gasteiger partial charge is 0.316 e. The number of aromatic nitrogens is 2. The van der Waals surface area contributed by atoms with Crippen LogP contribution in [0.3, 0.4) is 0 Å². The number of thioether (sulfide) groups is 1. The molecule has 0 aliphatic rings. The number of nitriles is 1. The van der Waals surface area contributed by atoms with Gasteiger partial charge in [-0.25, -0.2) is 4.98 Å². The van der Waals surface area contributed by atoms with Gasteiger partial charge >= 0.3 is 5.97 Å². The van der Waals surface area contributed by atoms with Crippen molar-refractivity contribution in [2.45, 2.75) is 25.3 Å². The largest absolute Gasteiger partial charge is 0.455 e. The number of esters is 1. The van der Waals surface area contributed by atoms with Crippen LogP contribution in [0.15, 0.2) is 53.7 Å². The Bertz CT molecular complexity index is 1120. The van der Waals surface area contributed by atoms with Gasteiger partial charge in [0.25, 0.3) is 5.91 Å². The zero-order valence-electron chi connectivity index (χ0n) is 17.4. The maximum atomic E-state index is 12.7. The minimum Gasteiger partial charge on any atom is -0.455 e. The number of hydrogen-bond donors (Lipinski definition) is 0. The fourth-order valence-corrected chi connectivity index (χ4v) is 3.71. The maximum Gasteiger partial charge on any atom is 0.316 e. The molecule has 0 bridgehead atoms. The van der Waals surface area contributed by atoms with Crippen LogP contribution in [0.5, 0.6) is 0 Å². The van der Waals surface area contributed by atoms with Crippen molar-refractivity contribution < 1.29 is 14.3 Å². The quantitative estimate of drug-likeness (QED) is 0.393. The van der Waals surface area contributed by atoms with Crippen LogP contribution < -0.4 is 4.90 Å². The average Bonchev–Trinajstić information content (AvgIpc) is 2.75. The van der Waals surface area contributed by atoms with Crippen LogP contribution in [0.25, 0.3) is 11.0 Å². The Hall–Kier alpha value is -3.44. The van der Waals surface area contributed by atoms with E-state index in [1.54, 1.807) is 6.20 Å². The number of carbonyl (C=O) groups is 2. The highest BCUT2D eigenvalue weighted by atomic mass is 32.2. The number of fused-ring (bicyclic) bond motifs is 1. The van der Waals surface area contributed by atoms with Crippen molar-refractivity contribution in [3.63, 3.8) is 0 Å². The van der Waals surface area contributed by atoms with E-state index >= 15 is 0 Å². The van der Waals surface area contributed by atoms with E-state index in [9.17, 15) is 9.59 Å². The van der Waals surface area contributed by atoms with Crippen molar-refractivity contribution in [2.75, 3.05) is 23.8 Å². The Balaban J connectivity index is 1.57. The normalized spacial score (nSPS) is 10.5. The molecule has 8 heteroatoms. The molecule has 1 aromatic heterocycles. The average molecular weight is 435 g/mol.